The number of amides is 1. The zero-order valence-electron chi connectivity index (χ0n) is 13.4. The van der Waals surface area contributed by atoms with E-state index >= 15 is 0 Å². The summed E-state index contributed by atoms with van der Waals surface area (Å²) < 4.78 is 13.9. The number of carbonyl (C=O) groups is 2. The zero-order valence-corrected chi connectivity index (χ0v) is 14.2. The largest absolute Gasteiger partial charge is 0.476 e. The van der Waals surface area contributed by atoms with Crippen molar-refractivity contribution in [3.8, 4) is 10.6 Å². The van der Waals surface area contributed by atoms with Gasteiger partial charge in [-0.15, -0.1) is 11.3 Å². The minimum Gasteiger partial charge on any atom is -0.476 e. The summed E-state index contributed by atoms with van der Waals surface area (Å²) in [6.07, 6.45) is 0.492. The molecule has 0 saturated carbocycles. The molecule has 4 rings (SSSR count). The van der Waals surface area contributed by atoms with Crippen molar-refractivity contribution in [1.82, 2.24) is 20.1 Å². The van der Waals surface area contributed by atoms with Crippen molar-refractivity contribution in [2.24, 2.45) is 0 Å². The quantitative estimate of drug-likeness (QED) is 0.736. The highest BCUT2D eigenvalue weighted by atomic mass is 32.1. The predicted octanol–water partition coefficient (Wildman–Crippen LogP) is 2.57. The molecule has 0 aliphatic carbocycles. The third kappa shape index (κ3) is 2.76. The van der Waals surface area contributed by atoms with Crippen LogP contribution in [0.15, 0.2) is 29.6 Å². The number of carboxylic acids is 1. The Balaban J connectivity index is 1.58. The number of aromatic carboxylic acids is 1. The Morgan fingerprint density at radius 3 is 2.88 bits per heavy atom. The van der Waals surface area contributed by atoms with Crippen LogP contribution in [0.2, 0.25) is 0 Å². The summed E-state index contributed by atoms with van der Waals surface area (Å²) >= 11 is 1.19. The van der Waals surface area contributed by atoms with Crippen LogP contribution < -0.4 is 0 Å². The van der Waals surface area contributed by atoms with Gasteiger partial charge in [0.2, 0.25) is 0 Å². The van der Waals surface area contributed by atoms with Crippen LogP contribution in [0.1, 0.15) is 32.2 Å². The molecule has 3 aromatic rings. The van der Waals surface area contributed by atoms with E-state index in [1.165, 1.54) is 22.3 Å². The number of benzene rings is 1. The molecule has 1 amide bonds. The second-order valence-corrected chi connectivity index (χ2v) is 6.69. The third-order valence-corrected chi connectivity index (χ3v) is 5.13. The molecule has 2 N–H and O–H groups in total. The third-order valence-electron chi connectivity index (χ3n) is 4.25. The molecule has 0 saturated heterocycles. The first-order valence-electron chi connectivity index (χ1n) is 7.83. The summed E-state index contributed by atoms with van der Waals surface area (Å²) in [6.45, 7) is 0.582. The zero-order chi connectivity index (χ0) is 18.3. The molecule has 0 radical (unpaired) electrons. The lowest BCUT2D eigenvalue weighted by Gasteiger charge is -2.26. The van der Waals surface area contributed by atoms with Crippen molar-refractivity contribution in [1.29, 1.82) is 0 Å². The summed E-state index contributed by atoms with van der Waals surface area (Å²) in [5.74, 6) is -1.84. The highest BCUT2D eigenvalue weighted by Gasteiger charge is 2.29. The number of rotatable bonds is 3. The number of hydrogen-bond acceptors (Lipinski definition) is 5. The molecule has 7 nitrogen and oxygen atoms in total. The van der Waals surface area contributed by atoms with E-state index in [-0.39, 0.29) is 23.8 Å². The summed E-state index contributed by atoms with van der Waals surface area (Å²) in [7, 11) is 0. The molecular formula is C17H13FN4O3S. The van der Waals surface area contributed by atoms with Crippen LogP contribution in [0.25, 0.3) is 10.6 Å². The number of aromatic amines is 1. The number of thiazole rings is 1. The normalized spacial score (nSPS) is 13.5. The fourth-order valence-corrected chi connectivity index (χ4v) is 3.76. The molecule has 3 heterocycles. The molecule has 9 heteroatoms. The van der Waals surface area contributed by atoms with Crippen LogP contribution in [0.3, 0.4) is 0 Å². The molecule has 0 unspecified atom stereocenters. The maximum atomic E-state index is 13.9. The number of halogens is 1. The van der Waals surface area contributed by atoms with Crippen molar-refractivity contribution in [2.45, 2.75) is 13.0 Å². The molecule has 1 aliphatic heterocycles. The number of nitrogens with one attached hydrogen (secondary N) is 1. The van der Waals surface area contributed by atoms with Crippen LogP contribution >= 0.6 is 11.3 Å². The number of hydrogen-bond donors (Lipinski definition) is 2. The molecule has 0 spiro atoms. The second kappa shape index (κ2) is 6.34. The van der Waals surface area contributed by atoms with Gasteiger partial charge in [-0.3, -0.25) is 9.89 Å². The van der Waals surface area contributed by atoms with Crippen molar-refractivity contribution in [3.05, 3.63) is 58.1 Å². The van der Waals surface area contributed by atoms with E-state index < -0.39 is 11.8 Å². The van der Waals surface area contributed by atoms with Crippen molar-refractivity contribution < 1.29 is 19.1 Å². The molecular weight excluding hydrogens is 359 g/mol. The number of nitrogens with zero attached hydrogens (tertiary/aromatic N) is 3. The fourth-order valence-electron chi connectivity index (χ4n) is 2.94. The van der Waals surface area contributed by atoms with Crippen molar-refractivity contribution in [3.63, 3.8) is 0 Å². The van der Waals surface area contributed by atoms with E-state index in [1.54, 1.807) is 23.6 Å². The van der Waals surface area contributed by atoms with Crippen LogP contribution in [-0.2, 0) is 13.0 Å². The Kier molecular flexibility index (Phi) is 4.00. The fraction of sp³-hybridized carbons (Fsp3) is 0.176. The van der Waals surface area contributed by atoms with Gasteiger partial charge in [0, 0.05) is 35.2 Å². The minimum atomic E-state index is -1.13. The molecule has 26 heavy (non-hydrogen) atoms. The van der Waals surface area contributed by atoms with E-state index in [1.807, 2.05) is 0 Å². The van der Waals surface area contributed by atoms with Crippen LogP contribution in [0.5, 0.6) is 0 Å². The standard InChI is InChI=1S/C17H13FN4O3S/c18-11-4-2-1-3-9(11)15-19-13(8-26-15)16(23)22-6-5-12-10(7-22)14(17(24)25)21-20-12/h1-4,8H,5-7H2,(H,20,21)(H,24,25). The lowest BCUT2D eigenvalue weighted by atomic mass is 10.1. The Morgan fingerprint density at radius 2 is 2.12 bits per heavy atom. The number of carboxylic acid groups (broad SMARTS) is 1. The smallest absolute Gasteiger partial charge is 0.356 e. The lowest BCUT2D eigenvalue weighted by molar-refractivity contribution is 0.0673. The summed E-state index contributed by atoms with van der Waals surface area (Å²) in [5, 5.41) is 17.7. The topological polar surface area (TPSA) is 99.2 Å². The molecule has 2 aromatic heterocycles. The Labute approximate surface area is 151 Å². The summed E-state index contributed by atoms with van der Waals surface area (Å²) in [6, 6.07) is 6.26. The Hall–Kier alpha value is -3.07. The van der Waals surface area contributed by atoms with Gasteiger partial charge in [0.25, 0.3) is 5.91 Å². The Morgan fingerprint density at radius 1 is 1.31 bits per heavy atom. The predicted molar refractivity (Wildman–Crippen MR) is 91.5 cm³/mol. The minimum absolute atomic E-state index is 0.0668. The van der Waals surface area contributed by atoms with Crippen LogP contribution in [-0.4, -0.2) is 43.6 Å². The summed E-state index contributed by atoms with van der Waals surface area (Å²) in [4.78, 5) is 29.8. The van der Waals surface area contributed by atoms with E-state index in [0.29, 0.717) is 29.1 Å². The number of H-pyrrole nitrogens is 1. The van der Waals surface area contributed by atoms with Crippen LogP contribution in [0.4, 0.5) is 4.39 Å². The molecule has 132 valence electrons. The average molecular weight is 372 g/mol. The molecule has 0 fully saturated rings. The van der Waals surface area contributed by atoms with Gasteiger partial charge in [-0.1, -0.05) is 12.1 Å². The van der Waals surface area contributed by atoms with Gasteiger partial charge >= 0.3 is 5.97 Å². The second-order valence-electron chi connectivity index (χ2n) is 5.83. The van der Waals surface area contributed by atoms with E-state index in [0.717, 1.165) is 5.69 Å². The van der Waals surface area contributed by atoms with Gasteiger partial charge in [-0.05, 0) is 12.1 Å². The number of aromatic nitrogens is 3. The van der Waals surface area contributed by atoms with Gasteiger partial charge in [0.05, 0.1) is 6.54 Å². The van der Waals surface area contributed by atoms with Gasteiger partial charge in [0.1, 0.15) is 16.5 Å². The maximum absolute atomic E-state index is 13.9. The van der Waals surface area contributed by atoms with E-state index in [4.69, 9.17) is 0 Å². The van der Waals surface area contributed by atoms with Gasteiger partial charge in [-0.25, -0.2) is 14.2 Å². The summed E-state index contributed by atoms with van der Waals surface area (Å²) in [5.41, 5.74) is 1.75. The molecule has 1 aliphatic rings. The van der Waals surface area contributed by atoms with Crippen molar-refractivity contribution in [2.75, 3.05) is 6.54 Å². The van der Waals surface area contributed by atoms with Crippen molar-refractivity contribution >= 4 is 23.2 Å². The molecule has 0 atom stereocenters. The first-order chi connectivity index (χ1) is 12.5. The molecule has 0 bridgehead atoms. The average Bonchev–Trinajstić information content (AvgIpc) is 3.28. The van der Waals surface area contributed by atoms with Crippen LogP contribution in [0, 0.1) is 5.82 Å². The first kappa shape index (κ1) is 16.4. The van der Waals surface area contributed by atoms with Gasteiger partial charge in [-0.2, -0.15) is 5.10 Å². The van der Waals surface area contributed by atoms with Gasteiger partial charge < -0.3 is 10.0 Å². The monoisotopic (exact) mass is 372 g/mol. The first-order valence-corrected chi connectivity index (χ1v) is 8.71. The van der Waals surface area contributed by atoms with Gasteiger partial charge in [0.15, 0.2) is 5.69 Å². The Bertz CT molecular complexity index is 1010. The lowest BCUT2D eigenvalue weighted by Crippen LogP contribution is -2.36. The highest BCUT2D eigenvalue weighted by molar-refractivity contribution is 7.13. The maximum Gasteiger partial charge on any atom is 0.356 e. The number of carbonyl (C=O) groups excluding carboxylic acids is 1. The van der Waals surface area contributed by atoms with E-state index in [2.05, 4.69) is 15.2 Å². The highest BCUT2D eigenvalue weighted by Crippen LogP contribution is 2.28. The molecule has 1 aromatic carbocycles. The van der Waals surface area contributed by atoms with E-state index in [9.17, 15) is 19.1 Å². The SMILES string of the molecule is O=C(O)c1n[nH]c2c1CN(C(=O)c1csc(-c3ccccc3F)n1)CC2. The number of fused-ring (bicyclic) bond motifs is 1.